The summed E-state index contributed by atoms with van der Waals surface area (Å²) in [5, 5.41) is 8.83. The topological polar surface area (TPSA) is 59.0 Å². The molecule has 214 valence electrons. The number of unbranched alkanes of at least 4 members (excludes halogenated alkanes) is 9. The lowest BCUT2D eigenvalue weighted by atomic mass is 10.1. The number of aliphatic hydroxyl groups is 1. The Morgan fingerprint density at radius 2 is 0.973 bits per heavy atom. The first-order valence-corrected chi connectivity index (χ1v) is 14.8. The molecule has 3 aliphatic heterocycles. The standard InChI is InChI=1S/C28H50N6O.2ClH/c35-24-14-8-6-4-2-1-3-5-7-9-15-31-20-22-33(23-21-31)27-25-26(32-16-10-11-17-32)29-28(30-27)34-18-12-13-19-34;;/h25,35H,1-24H2;2*1H. The van der Waals surface area contributed by atoms with Crippen LogP contribution in [-0.4, -0.2) is 85.5 Å². The molecule has 1 aromatic rings. The van der Waals surface area contributed by atoms with Crippen LogP contribution in [0.5, 0.6) is 0 Å². The van der Waals surface area contributed by atoms with Crippen LogP contribution in [0.1, 0.15) is 89.9 Å². The lowest BCUT2D eigenvalue weighted by Gasteiger charge is -2.36. The van der Waals surface area contributed by atoms with Crippen LogP contribution in [0.15, 0.2) is 6.07 Å². The van der Waals surface area contributed by atoms with Gasteiger partial charge < -0.3 is 19.8 Å². The maximum absolute atomic E-state index is 8.83. The van der Waals surface area contributed by atoms with Crippen molar-refractivity contribution in [1.29, 1.82) is 0 Å². The average molecular weight is 560 g/mol. The molecule has 0 radical (unpaired) electrons. The summed E-state index contributed by atoms with van der Waals surface area (Å²) in [6, 6.07) is 2.26. The van der Waals surface area contributed by atoms with Gasteiger partial charge in [0, 0.05) is 65.0 Å². The Hall–Kier alpha value is -1.02. The van der Waals surface area contributed by atoms with Gasteiger partial charge in [-0.2, -0.15) is 9.97 Å². The fourth-order valence-electron chi connectivity index (χ4n) is 5.80. The van der Waals surface area contributed by atoms with Crippen LogP contribution >= 0.6 is 24.8 Å². The van der Waals surface area contributed by atoms with Gasteiger partial charge in [-0.25, -0.2) is 0 Å². The molecule has 1 N–H and O–H groups in total. The molecule has 0 amide bonds. The molecule has 0 aliphatic carbocycles. The summed E-state index contributed by atoms with van der Waals surface area (Å²) >= 11 is 0. The van der Waals surface area contributed by atoms with E-state index in [4.69, 9.17) is 15.1 Å². The molecule has 0 unspecified atom stereocenters. The van der Waals surface area contributed by atoms with Crippen LogP contribution in [0.3, 0.4) is 0 Å². The maximum Gasteiger partial charge on any atom is 0.229 e. The average Bonchev–Trinajstić information content (AvgIpc) is 3.63. The van der Waals surface area contributed by atoms with Gasteiger partial charge in [-0.3, -0.25) is 4.90 Å². The molecule has 1 aromatic heterocycles. The largest absolute Gasteiger partial charge is 0.396 e. The molecule has 0 aromatic carbocycles. The van der Waals surface area contributed by atoms with Gasteiger partial charge in [0.15, 0.2) is 0 Å². The van der Waals surface area contributed by atoms with E-state index in [0.717, 1.165) is 76.4 Å². The third-order valence-corrected chi connectivity index (χ3v) is 8.09. The van der Waals surface area contributed by atoms with Crippen molar-refractivity contribution in [2.45, 2.75) is 89.9 Å². The van der Waals surface area contributed by atoms with E-state index < -0.39 is 0 Å². The van der Waals surface area contributed by atoms with Gasteiger partial charge >= 0.3 is 0 Å². The number of aliphatic hydroxyl groups excluding tert-OH is 1. The van der Waals surface area contributed by atoms with Crippen molar-refractivity contribution in [3.05, 3.63) is 6.07 Å². The second-order valence-corrected chi connectivity index (χ2v) is 10.9. The summed E-state index contributed by atoms with van der Waals surface area (Å²) in [7, 11) is 0. The summed E-state index contributed by atoms with van der Waals surface area (Å²) in [6.45, 7) is 10.5. The Kier molecular flexibility index (Phi) is 15.9. The van der Waals surface area contributed by atoms with E-state index in [1.165, 1.54) is 90.0 Å². The Morgan fingerprint density at radius 1 is 0.541 bits per heavy atom. The Labute approximate surface area is 238 Å². The third-order valence-electron chi connectivity index (χ3n) is 8.09. The Balaban J connectivity index is 0.00000241. The highest BCUT2D eigenvalue weighted by atomic mass is 35.5. The van der Waals surface area contributed by atoms with E-state index in [0.29, 0.717) is 6.61 Å². The number of aromatic nitrogens is 2. The highest BCUT2D eigenvalue weighted by Crippen LogP contribution is 2.27. The normalized spacial score (nSPS) is 18.2. The number of hydrogen-bond donors (Lipinski definition) is 1. The molecule has 4 rings (SSSR count). The van der Waals surface area contributed by atoms with Crippen LogP contribution < -0.4 is 14.7 Å². The van der Waals surface area contributed by atoms with Crippen molar-refractivity contribution in [1.82, 2.24) is 14.9 Å². The Bertz CT molecular complexity index is 688. The third kappa shape index (κ3) is 10.6. The van der Waals surface area contributed by atoms with Gasteiger partial charge in [0.2, 0.25) is 5.95 Å². The van der Waals surface area contributed by atoms with E-state index in [1.807, 2.05) is 0 Å². The van der Waals surface area contributed by atoms with Crippen LogP contribution in [0.4, 0.5) is 17.6 Å². The molecule has 37 heavy (non-hydrogen) atoms. The summed E-state index contributed by atoms with van der Waals surface area (Å²) < 4.78 is 0. The molecule has 3 fully saturated rings. The number of nitrogens with zero attached hydrogens (tertiary/aromatic N) is 6. The number of anilines is 3. The predicted molar refractivity (Wildman–Crippen MR) is 161 cm³/mol. The van der Waals surface area contributed by atoms with Crippen molar-refractivity contribution < 1.29 is 5.11 Å². The number of piperazine rings is 1. The molecule has 7 nitrogen and oxygen atoms in total. The summed E-state index contributed by atoms with van der Waals surface area (Å²) in [5.74, 6) is 3.23. The summed E-state index contributed by atoms with van der Waals surface area (Å²) in [4.78, 5) is 20.0. The molecule has 4 heterocycles. The first kappa shape index (κ1) is 32.2. The van der Waals surface area contributed by atoms with Crippen molar-refractivity contribution >= 4 is 42.4 Å². The number of hydrogen-bond acceptors (Lipinski definition) is 7. The van der Waals surface area contributed by atoms with E-state index in [-0.39, 0.29) is 24.8 Å². The lowest BCUT2D eigenvalue weighted by Crippen LogP contribution is -2.47. The molecular formula is C28H52Cl2N6O. The van der Waals surface area contributed by atoms with E-state index in [2.05, 4.69) is 25.7 Å². The first-order valence-electron chi connectivity index (χ1n) is 14.8. The summed E-state index contributed by atoms with van der Waals surface area (Å²) in [5.41, 5.74) is 0. The number of halogens is 2. The van der Waals surface area contributed by atoms with Crippen molar-refractivity contribution in [3.63, 3.8) is 0 Å². The molecule has 9 heteroatoms. The van der Waals surface area contributed by atoms with E-state index in [1.54, 1.807) is 0 Å². The van der Waals surface area contributed by atoms with Crippen LogP contribution in [0.25, 0.3) is 0 Å². The fraction of sp³-hybridized carbons (Fsp3) is 0.857. The second-order valence-electron chi connectivity index (χ2n) is 10.9. The zero-order valence-electron chi connectivity index (χ0n) is 23.0. The fourth-order valence-corrected chi connectivity index (χ4v) is 5.80. The monoisotopic (exact) mass is 558 g/mol. The number of rotatable bonds is 15. The zero-order chi connectivity index (χ0) is 24.1. The smallest absolute Gasteiger partial charge is 0.229 e. The Morgan fingerprint density at radius 3 is 1.49 bits per heavy atom. The molecule has 0 bridgehead atoms. The van der Waals surface area contributed by atoms with Gasteiger partial charge in [0.05, 0.1) is 0 Å². The predicted octanol–water partition coefficient (Wildman–Crippen LogP) is 5.54. The first-order chi connectivity index (χ1) is 17.3. The molecule has 0 saturated carbocycles. The minimum Gasteiger partial charge on any atom is -0.396 e. The molecule has 0 spiro atoms. The van der Waals surface area contributed by atoms with Gasteiger partial charge in [-0.15, -0.1) is 24.8 Å². The molecule has 3 aliphatic rings. The maximum atomic E-state index is 8.83. The van der Waals surface area contributed by atoms with Gasteiger partial charge in [-0.1, -0.05) is 51.4 Å². The van der Waals surface area contributed by atoms with Crippen molar-refractivity contribution in [2.24, 2.45) is 0 Å². The van der Waals surface area contributed by atoms with Crippen LogP contribution in [0.2, 0.25) is 0 Å². The lowest BCUT2D eigenvalue weighted by molar-refractivity contribution is 0.251. The van der Waals surface area contributed by atoms with Crippen LogP contribution in [0, 0.1) is 0 Å². The molecule has 3 saturated heterocycles. The second kappa shape index (κ2) is 18.3. The summed E-state index contributed by atoms with van der Waals surface area (Å²) in [6.07, 6.45) is 18.1. The van der Waals surface area contributed by atoms with Crippen molar-refractivity contribution in [2.75, 3.05) is 80.2 Å². The van der Waals surface area contributed by atoms with Gasteiger partial charge in [0.1, 0.15) is 11.6 Å². The molecular weight excluding hydrogens is 507 g/mol. The van der Waals surface area contributed by atoms with E-state index in [9.17, 15) is 0 Å². The van der Waals surface area contributed by atoms with Gasteiger partial charge in [-0.05, 0) is 45.1 Å². The minimum atomic E-state index is 0. The van der Waals surface area contributed by atoms with E-state index >= 15 is 0 Å². The molecule has 0 atom stereocenters. The van der Waals surface area contributed by atoms with Gasteiger partial charge in [0.25, 0.3) is 0 Å². The van der Waals surface area contributed by atoms with Crippen LogP contribution in [-0.2, 0) is 0 Å². The minimum absolute atomic E-state index is 0. The zero-order valence-corrected chi connectivity index (χ0v) is 24.6. The SMILES string of the molecule is Cl.Cl.OCCCCCCCCCCCCN1CCN(c2cc(N3CCCC3)nc(N3CCCC3)n2)CC1. The highest BCUT2D eigenvalue weighted by Gasteiger charge is 2.24. The van der Waals surface area contributed by atoms with Crippen molar-refractivity contribution in [3.8, 4) is 0 Å². The quantitative estimate of drug-likeness (QED) is 0.284. The highest BCUT2D eigenvalue weighted by molar-refractivity contribution is 5.85.